The Hall–Kier alpha value is -3.35. The Labute approximate surface area is 163 Å². The van der Waals surface area contributed by atoms with E-state index >= 15 is 0 Å². The van der Waals surface area contributed by atoms with Gasteiger partial charge in [0.25, 0.3) is 0 Å². The Morgan fingerprint density at radius 3 is 2.54 bits per heavy atom. The summed E-state index contributed by atoms with van der Waals surface area (Å²) in [6, 6.07) is 15.2. The van der Waals surface area contributed by atoms with Crippen molar-refractivity contribution in [2.75, 3.05) is 11.9 Å². The van der Waals surface area contributed by atoms with E-state index in [0.717, 1.165) is 16.6 Å². The SMILES string of the molecule is CC(C)(C)OC(=O)NCCC(=O)Nc1ccccc1-c1nc2ccccc2[nH]1. The average molecular weight is 380 g/mol. The Balaban J connectivity index is 1.63. The fourth-order valence-corrected chi connectivity index (χ4v) is 2.68. The van der Waals surface area contributed by atoms with Crippen LogP contribution >= 0.6 is 0 Å². The highest BCUT2D eigenvalue weighted by Crippen LogP contribution is 2.27. The predicted molar refractivity (Wildman–Crippen MR) is 109 cm³/mol. The fraction of sp³-hybridized carbons (Fsp3) is 0.286. The van der Waals surface area contributed by atoms with Gasteiger partial charge >= 0.3 is 6.09 Å². The third-order valence-electron chi connectivity index (χ3n) is 3.87. The van der Waals surface area contributed by atoms with E-state index in [-0.39, 0.29) is 18.9 Å². The van der Waals surface area contributed by atoms with Gasteiger partial charge in [-0.05, 0) is 45.0 Å². The van der Waals surface area contributed by atoms with Crippen LogP contribution in [0.3, 0.4) is 0 Å². The number of fused-ring (bicyclic) bond motifs is 1. The molecule has 0 saturated heterocycles. The number of benzene rings is 2. The van der Waals surface area contributed by atoms with E-state index < -0.39 is 11.7 Å². The highest BCUT2D eigenvalue weighted by Gasteiger charge is 2.16. The summed E-state index contributed by atoms with van der Waals surface area (Å²) in [4.78, 5) is 31.8. The van der Waals surface area contributed by atoms with E-state index in [1.807, 2.05) is 48.5 Å². The number of imidazole rings is 1. The summed E-state index contributed by atoms with van der Waals surface area (Å²) in [6.07, 6.45) is -0.406. The molecular formula is C21H24N4O3. The number of amides is 2. The van der Waals surface area contributed by atoms with Crippen molar-refractivity contribution in [2.24, 2.45) is 0 Å². The zero-order valence-corrected chi connectivity index (χ0v) is 16.2. The van der Waals surface area contributed by atoms with Crippen LogP contribution in [0.4, 0.5) is 10.5 Å². The van der Waals surface area contributed by atoms with E-state index in [4.69, 9.17) is 4.74 Å². The summed E-state index contributed by atoms with van der Waals surface area (Å²) >= 11 is 0. The molecule has 0 aliphatic carbocycles. The number of carbonyl (C=O) groups is 2. The average Bonchev–Trinajstić information content (AvgIpc) is 3.04. The van der Waals surface area contributed by atoms with Gasteiger partial charge in [0.05, 0.1) is 16.7 Å². The number of hydrogen-bond donors (Lipinski definition) is 3. The molecule has 3 N–H and O–H groups in total. The van der Waals surface area contributed by atoms with Gasteiger partial charge in [-0.15, -0.1) is 0 Å². The molecule has 0 spiro atoms. The first-order valence-corrected chi connectivity index (χ1v) is 9.13. The highest BCUT2D eigenvalue weighted by molar-refractivity contribution is 5.95. The van der Waals surface area contributed by atoms with E-state index in [1.54, 1.807) is 20.8 Å². The summed E-state index contributed by atoms with van der Waals surface area (Å²) in [5.41, 5.74) is 2.68. The molecule has 0 fully saturated rings. The van der Waals surface area contributed by atoms with Crippen molar-refractivity contribution in [3.8, 4) is 11.4 Å². The van der Waals surface area contributed by atoms with E-state index in [9.17, 15) is 9.59 Å². The molecule has 0 radical (unpaired) electrons. The van der Waals surface area contributed by atoms with Crippen molar-refractivity contribution < 1.29 is 14.3 Å². The number of aromatic nitrogens is 2. The maximum Gasteiger partial charge on any atom is 0.407 e. The first-order chi connectivity index (χ1) is 13.3. The highest BCUT2D eigenvalue weighted by atomic mass is 16.6. The minimum atomic E-state index is -0.572. The first kappa shape index (κ1) is 19.4. The number of alkyl carbamates (subject to hydrolysis) is 1. The van der Waals surface area contributed by atoms with Crippen LogP contribution in [0.2, 0.25) is 0 Å². The molecule has 146 valence electrons. The fourth-order valence-electron chi connectivity index (χ4n) is 2.68. The number of rotatable bonds is 5. The Kier molecular flexibility index (Phi) is 5.63. The smallest absolute Gasteiger partial charge is 0.407 e. The summed E-state index contributed by atoms with van der Waals surface area (Å²) in [6.45, 7) is 5.55. The van der Waals surface area contributed by atoms with Gasteiger partial charge in [-0.2, -0.15) is 0 Å². The molecule has 28 heavy (non-hydrogen) atoms. The number of hydrogen-bond acceptors (Lipinski definition) is 4. The first-order valence-electron chi connectivity index (χ1n) is 9.13. The number of nitrogens with one attached hydrogen (secondary N) is 3. The quantitative estimate of drug-likeness (QED) is 0.621. The lowest BCUT2D eigenvalue weighted by Gasteiger charge is -2.19. The largest absolute Gasteiger partial charge is 0.444 e. The van der Waals surface area contributed by atoms with Crippen molar-refractivity contribution in [1.82, 2.24) is 15.3 Å². The van der Waals surface area contributed by atoms with Crippen LogP contribution in [0.25, 0.3) is 22.4 Å². The molecule has 0 unspecified atom stereocenters. The molecule has 2 aromatic carbocycles. The van der Waals surface area contributed by atoms with Crippen LogP contribution < -0.4 is 10.6 Å². The van der Waals surface area contributed by atoms with Gasteiger partial charge in [0.15, 0.2) is 0 Å². The number of carbonyl (C=O) groups excluding carboxylic acids is 2. The monoisotopic (exact) mass is 380 g/mol. The summed E-state index contributed by atoms with van der Waals surface area (Å²) in [7, 11) is 0. The van der Waals surface area contributed by atoms with Gasteiger partial charge in [0.2, 0.25) is 5.91 Å². The van der Waals surface area contributed by atoms with Crippen LogP contribution in [0.5, 0.6) is 0 Å². The minimum Gasteiger partial charge on any atom is -0.444 e. The van der Waals surface area contributed by atoms with Gasteiger partial charge in [0.1, 0.15) is 11.4 Å². The normalized spacial score (nSPS) is 11.2. The lowest BCUT2D eigenvalue weighted by Crippen LogP contribution is -2.34. The van der Waals surface area contributed by atoms with Crippen LogP contribution in [0.1, 0.15) is 27.2 Å². The predicted octanol–water partition coefficient (Wildman–Crippen LogP) is 4.08. The molecule has 0 aliphatic heterocycles. The van der Waals surface area contributed by atoms with Crippen LogP contribution in [0, 0.1) is 0 Å². The van der Waals surface area contributed by atoms with E-state index in [1.165, 1.54) is 0 Å². The molecule has 1 aromatic heterocycles. The third kappa shape index (κ3) is 5.09. The molecule has 3 aromatic rings. The second kappa shape index (κ2) is 8.12. The van der Waals surface area contributed by atoms with Crippen molar-refractivity contribution >= 4 is 28.7 Å². The van der Waals surface area contributed by atoms with Crippen LogP contribution in [-0.2, 0) is 9.53 Å². The van der Waals surface area contributed by atoms with E-state index in [2.05, 4.69) is 20.6 Å². The zero-order chi connectivity index (χ0) is 20.1. The second-order valence-electron chi connectivity index (χ2n) is 7.37. The van der Waals surface area contributed by atoms with Crippen LogP contribution in [0.15, 0.2) is 48.5 Å². The molecule has 0 aliphatic rings. The number of nitrogens with zero attached hydrogens (tertiary/aromatic N) is 1. The summed E-state index contributed by atoms with van der Waals surface area (Å²) in [5.74, 6) is 0.476. The van der Waals surface area contributed by atoms with Crippen molar-refractivity contribution in [2.45, 2.75) is 32.8 Å². The molecule has 0 saturated carbocycles. The Morgan fingerprint density at radius 1 is 1.07 bits per heavy atom. The molecule has 0 atom stereocenters. The second-order valence-corrected chi connectivity index (χ2v) is 7.37. The molecular weight excluding hydrogens is 356 g/mol. The number of aromatic amines is 1. The topological polar surface area (TPSA) is 96.1 Å². The van der Waals surface area contributed by atoms with Crippen molar-refractivity contribution in [1.29, 1.82) is 0 Å². The Bertz CT molecular complexity index is 955. The van der Waals surface area contributed by atoms with Gasteiger partial charge < -0.3 is 20.4 Å². The van der Waals surface area contributed by atoms with Gasteiger partial charge in [-0.1, -0.05) is 24.3 Å². The Morgan fingerprint density at radius 2 is 1.79 bits per heavy atom. The maximum absolute atomic E-state index is 12.3. The maximum atomic E-state index is 12.3. The lowest BCUT2D eigenvalue weighted by atomic mass is 10.1. The molecule has 7 nitrogen and oxygen atoms in total. The molecule has 2 amide bonds. The van der Waals surface area contributed by atoms with Crippen molar-refractivity contribution in [3.63, 3.8) is 0 Å². The van der Waals surface area contributed by atoms with Gasteiger partial charge in [-0.3, -0.25) is 4.79 Å². The number of ether oxygens (including phenoxy) is 1. The summed E-state index contributed by atoms with van der Waals surface area (Å²) in [5, 5.41) is 5.46. The zero-order valence-electron chi connectivity index (χ0n) is 16.2. The van der Waals surface area contributed by atoms with Gasteiger partial charge in [-0.25, -0.2) is 9.78 Å². The third-order valence-corrected chi connectivity index (χ3v) is 3.87. The lowest BCUT2D eigenvalue weighted by molar-refractivity contribution is -0.116. The number of para-hydroxylation sites is 3. The van der Waals surface area contributed by atoms with E-state index in [0.29, 0.717) is 11.5 Å². The number of anilines is 1. The summed E-state index contributed by atoms with van der Waals surface area (Å²) < 4.78 is 5.15. The van der Waals surface area contributed by atoms with Crippen LogP contribution in [-0.4, -0.2) is 34.1 Å². The molecule has 0 bridgehead atoms. The standard InChI is InChI=1S/C21H24N4O3/c1-21(2,3)28-20(27)22-13-12-18(26)23-15-9-5-4-8-14(15)19-24-16-10-6-7-11-17(16)25-19/h4-11H,12-13H2,1-3H3,(H,22,27)(H,23,26)(H,24,25). The minimum absolute atomic E-state index is 0.133. The molecule has 1 heterocycles. The number of H-pyrrole nitrogens is 1. The molecule has 7 heteroatoms. The van der Waals surface area contributed by atoms with Crippen molar-refractivity contribution in [3.05, 3.63) is 48.5 Å². The molecule has 3 rings (SSSR count). The van der Waals surface area contributed by atoms with Gasteiger partial charge in [0, 0.05) is 18.5 Å².